The second-order valence-electron chi connectivity index (χ2n) is 4.88. The lowest BCUT2D eigenvalue weighted by Gasteiger charge is -2.19. The maximum atomic E-state index is 12.0. The van der Waals surface area contributed by atoms with Crippen molar-refractivity contribution in [3.05, 3.63) is 34.3 Å². The third-order valence-corrected chi connectivity index (χ3v) is 4.39. The molecule has 2 aliphatic rings. The molecule has 3 nitrogen and oxygen atoms in total. The van der Waals surface area contributed by atoms with Gasteiger partial charge in [-0.25, -0.2) is 0 Å². The molecule has 4 heteroatoms. The van der Waals surface area contributed by atoms with Gasteiger partial charge in [0.15, 0.2) is 0 Å². The Labute approximate surface area is 109 Å². The minimum atomic E-state index is 0.107. The highest BCUT2D eigenvalue weighted by atomic mass is 79.9. The van der Waals surface area contributed by atoms with Crippen LogP contribution in [0.15, 0.2) is 28.7 Å². The Balaban J connectivity index is 1.65. The van der Waals surface area contributed by atoms with Crippen LogP contribution in [0.5, 0.6) is 0 Å². The molecular weight excluding hydrogens is 282 g/mol. The molecule has 0 bridgehead atoms. The van der Waals surface area contributed by atoms with Crippen LogP contribution in [-0.2, 0) is 11.3 Å². The molecule has 1 aliphatic carbocycles. The number of carbonyl (C=O) groups is 1. The van der Waals surface area contributed by atoms with Gasteiger partial charge in [-0.05, 0) is 29.5 Å². The maximum absolute atomic E-state index is 12.0. The van der Waals surface area contributed by atoms with Gasteiger partial charge in [0.25, 0.3) is 0 Å². The van der Waals surface area contributed by atoms with Gasteiger partial charge in [0.2, 0.25) is 5.91 Å². The van der Waals surface area contributed by atoms with Gasteiger partial charge in [0.1, 0.15) is 0 Å². The number of nitrogens with zero attached hydrogens (tertiary/aromatic N) is 1. The van der Waals surface area contributed by atoms with Crippen molar-refractivity contribution in [2.45, 2.75) is 6.54 Å². The molecule has 1 aromatic rings. The number of piperidine rings is 1. The summed E-state index contributed by atoms with van der Waals surface area (Å²) in [7, 11) is 0. The van der Waals surface area contributed by atoms with Gasteiger partial charge in [-0.1, -0.05) is 28.1 Å². The summed E-state index contributed by atoms with van der Waals surface area (Å²) in [6, 6.07) is 8.05. The van der Waals surface area contributed by atoms with Gasteiger partial charge in [-0.15, -0.1) is 0 Å². The van der Waals surface area contributed by atoms with Crippen LogP contribution < -0.4 is 0 Å². The van der Waals surface area contributed by atoms with E-state index in [1.165, 1.54) is 0 Å². The number of amides is 1. The summed E-state index contributed by atoms with van der Waals surface area (Å²) in [5.74, 6) is 0.971. The number of aliphatic hydroxyl groups is 1. The molecule has 3 rings (SSSR count). The van der Waals surface area contributed by atoms with Crippen molar-refractivity contribution in [3.8, 4) is 0 Å². The topological polar surface area (TPSA) is 40.5 Å². The molecule has 3 unspecified atom stereocenters. The molecule has 1 amide bonds. The zero-order valence-corrected chi connectivity index (χ0v) is 10.9. The van der Waals surface area contributed by atoms with Gasteiger partial charge >= 0.3 is 0 Å². The van der Waals surface area contributed by atoms with E-state index in [-0.39, 0.29) is 24.3 Å². The molecule has 1 aliphatic heterocycles. The molecule has 1 saturated carbocycles. The predicted molar refractivity (Wildman–Crippen MR) is 67.1 cm³/mol. The first-order chi connectivity index (χ1) is 8.20. The first-order valence-electron chi connectivity index (χ1n) is 5.85. The Morgan fingerprint density at radius 2 is 2.06 bits per heavy atom. The molecular formula is C13H14BrNO2. The zero-order chi connectivity index (χ0) is 12.0. The van der Waals surface area contributed by atoms with Gasteiger partial charge in [-0.2, -0.15) is 0 Å². The number of hydrogen-bond acceptors (Lipinski definition) is 2. The van der Waals surface area contributed by atoms with Crippen LogP contribution in [0.25, 0.3) is 0 Å². The van der Waals surface area contributed by atoms with E-state index >= 15 is 0 Å². The highest BCUT2D eigenvalue weighted by Gasteiger charge is 2.60. The van der Waals surface area contributed by atoms with E-state index in [2.05, 4.69) is 15.9 Å². The summed E-state index contributed by atoms with van der Waals surface area (Å²) >= 11 is 3.40. The number of halogens is 1. The summed E-state index contributed by atoms with van der Waals surface area (Å²) in [6.45, 7) is 1.66. The van der Waals surface area contributed by atoms with Crippen LogP contribution in [0.3, 0.4) is 0 Å². The number of fused-ring (bicyclic) bond motifs is 1. The lowest BCUT2D eigenvalue weighted by molar-refractivity contribution is -0.131. The van der Waals surface area contributed by atoms with Crippen LogP contribution in [-0.4, -0.2) is 29.1 Å². The van der Waals surface area contributed by atoms with Crippen molar-refractivity contribution in [2.75, 3.05) is 13.2 Å². The maximum Gasteiger partial charge on any atom is 0.226 e. The Morgan fingerprint density at radius 1 is 1.35 bits per heavy atom. The van der Waals surface area contributed by atoms with Crippen LogP contribution in [0.4, 0.5) is 0 Å². The van der Waals surface area contributed by atoms with Crippen LogP contribution in [0.1, 0.15) is 5.56 Å². The van der Waals surface area contributed by atoms with E-state index in [0.717, 1.165) is 16.6 Å². The summed E-state index contributed by atoms with van der Waals surface area (Å²) in [5, 5.41) is 9.06. The average Bonchev–Trinajstić information content (AvgIpc) is 2.94. The SMILES string of the molecule is O=C1C2C(CO)C2CN1Cc1ccc(Br)cc1. The summed E-state index contributed by atoms with van der Waals surface area (Å²) in [4.78, 5) is 13.9. The standard InChI is InChI=1S/C13H14BrNO2/c14-9-3-1-8(2-4-9)5-15-6-10-11(7-16)12(10)13(15)17/h1-4,10-12,16H,5-7H2. The zero-order valence-electron chi connectivity index (χ0n) is 9.34. The monoisotopic (exact) mass is 295 g/mol. The van der Waals surface area contributed by atoms with Crippen molar-refractivity contribution in [3.63, 3.8) is 0 Å². The van der Waals surface area contributed by atoms with E-state index in [1.54, 1.807) is 0 Å². The molecule has 0 spiro atoms. The second kappa shape index (κ2) is 4.10. The number of likely N-dealkylation sites (tertiary alicyclic amines) is 1. The quantitative estimate of drug-likeness (QED) is 0.921. The first kappa shape index (κ1) is 11.2. The summed E-state index contributed by atoms with van der Waals surface area (Å²) in [6.07, 6.45) is 0. The normalized spacial score (nSPS) is 30.6. The van der Waals surface area contributed by atoms with Gasteiger partial charge in [0.05, 0.1) is 0 Å². The smallest absolute Gasteiger partial charge is 0.226 e. The fourth-order valence-electron chi connectivity index (χ4n) is 2.82. The molecule has 90 valence electrons. The van der Waals surface area contributed by atoms with Gasteiger partial charge in [-0.3, -0.25) is 4.79 Å². The molecule has 1 heterocycles. The summed E-state index contributed by atoms with van der Waals surface area (Å²) in [5.41, 5.74) is 1.16. The Hall–Kier alpha value is -0.870. The molecule has 1 N–H and O–H groups in total. The Kier molecular flexibility index (Phi) is 2.71. The van der Waals surface area contributed by atoms with Crippen molar-refractivity contribution >= 4 is 21.8 Å². The molecule has 1 saturated heterocycles. The van der Waals surface area contributed by atoms with Gasteiger partial charge < -0.3 is 10.0 Å². The Bertz CT molecular complexity index is 445. The first-order valence-corrected chi connectivity index (χ1v) is 6.64. The van der Waals surface area contributed by atoms with E-state index in [0.29, 0.717) is 12.5 Å². The number of hydrogen-bond donors (Lipinski definition) is 1. The highest BCUT2D eigenvalue weighted by Crippen LogP contribution is 2.52. The van der Waals surface area contributed by atoms with E-state index in [4.69, 9.17) is 5.11 Å². The van der Waals surface area contributed by atoms with E-state index in [1.807, 2.05) is 29.2 Å². The lowest BCUT2D eigenvalue weighted by Crippen LogP contribution is -2.30. The molecule has 3 atom stereocenters. The third kappa shape index (κ3) is 1.89. The number of carbonyl (C=O) groups excluding carboxylic acids is 1. The van der Waals surface area contributed by atoms with Crippen molar-refractivity contribution in [1.82, 2.24) is 4.90 Å². The molecule has 1 aromatic carbocycles. The minimum Gasteiger partial charge on any atom is -0.396 e. The molecule has 0 radical (unpaired) electrons. The minimum absolute atomic E-state index is 0.107. The van der Waals surface area contributed by atoms with Crippen molar-refractivity contribution in [1.29, 1.82) is 0 Å². The summed E-state index contributed by atoms with van der Waals surface area (Å²) < 4.78 is 1.05. The van der Waals surface area contributed by atoms with Crippen molar-refractivity contribution < 1.29 is 9.90 Å². The number of rotatable bonds is 3. The fourth-order valence-corrected chi connectivity index (χ4v) is 3.08. The van der Waals surface area contributed by atoms with Crippen LogP contribution >= 0.6 is 15.9 Å². The van der Waals surface area contributed by atoms with E-state index < -0.39 is 0 Å². The highest BCUT2D eigenvalue weighted by molar-refractivity contribution is 9.10. The fraction of sp³-hybridized carbons (Fsp3) is 0.462. The van der Waals surface area contributed by atoms with Crippen LogP contribution in [0, 0.1) is 17.8 Å². The second-order valence-corrected chi connectivity index (χ2v) is 5.80. The van der Waals surface area contributed by atoms with E-state index in [9.17, 15) is 4.79 Å². The lowest BCUT2D eigenvalue weighted by atomic mass is 10.2. The predicted octanol–water partition coefficient (Wildman–Crippen LogP) is 1.65. The molecule has 2 fully saturated rings. The Morgan fingerprint density at radius 3 is 2.59 bits per heavy atom. The number of aliphatic hydroxyl groups excluding tert-OH is 1. The average molecular weight is 296 g/mol. The molecule has 0 aromatic heterocycles. The molecule has 17 heavy (non-hydrogen) atoms. The largest absolute Gasteiger partial charge is 0.396 e. The number of benzene rings is 1. The third-order valence-electron chi connectivity index (χ3n) is 3.86. The van der Waals surface area contributed by atoms with Gasteiger partial charge in [0, 0.05) is 30.1 Å². The van der Waals surface area contributed by atoms with Crippen LogP contribution in [0.2, 0.25) is 0 Å². The van der Waals surface area contributed by atoms with Crippen molar-refractivity contribution in [2.24, 2.45) is 17.8 Å².